The number of hydrogen-bond donors (Lipinski definition) is 1. The molecule has 82 valence electrons. The van der Waals surface area contributed by atoms with Gasteiger partial charge in [0.2, 0.25) is 0 Å². The average Bonchev–Trinajstić information content (AvgIpc) is 2.16. The van der Waals surface area contributed by atoms with Gasteiger partial charge in [-0.15, -0.1) is 0 Å². The van der Waals surface area contributed by atoms with E-state index in [1.165, 1.54) is 32.2 Å². The predicted molar refractivity (Wildman–Crippen MR) is 54.8 cm³/mol. The topological polar surface area (TPSA) is 82.0 Å². The Balaban J connectivity index is 0.00000225. The molecule has 1 aromatic rings. The number of methoxy groups -OCH3 is 1. The molecule has 0 aliphatic heterocycles. The molecule has 1 N–H and O–H groups in total. The van der Waals surface area contributed by atoms with E-state index in [1.54, 1.807) is 0 Å². The Morgan fingerprint density at radius 2 is 2.19 bits per heavy atom. The zero-order valence-corrected chi connectivity index (χ0v) is 12.1. The molecule has 0 aliphatic carbocycles. The number of ether oxygens (including phenoxy) is 1. The van der Waals surface area contributed by atoms with Gasteiger partial charge in [-0.1, -0.05) is 0 Å². The standard InChI is InChI=1S/C9H11NO4S.Na/c1-6(11)10-8-5-7(14-2)3-4-9(8)15(12)13;/h3-5H,1-2H3,(H,10,11)(H,12,13);/q;+1/p-1. The summed E-state index contributed by atoms with van der Waals surface area (Å²) in [5, 5.41) is 10.8. The van der Waals surface area contributed by atoms with Crippen molar-refractivity contribution in [2.45, 2.75) is 11.8 Å². The third kappa shape index (κ3) is 4.23. The van der Waals surface area contributed by atoms with Crippen LogP contribution in [0.15, 0.2) is 28.1 Å². The molecule has 0 saturated carbocycles. The second-order valence-electron chi connectivity index (χ2n) is 2.71. The van der Waals surface area contributed by atoms with Gasteiger partial charge in [-0.2, -0.15) is 0 Å². The second-order valence-corrected chi connectivity index (χ2v) is 3.65. The maximum absolute atomic E-state index is 10.9. The van der Waals surface area contributed by atoms with Crippen molar-refractivity contribution in [2.24, 2.45) is 4.99 Å². The van der Waals surface area contributed by atoms with Crippen LogP contribution in [-0.4, -0.2) is 21.8 Å². The van der Waals surface area contributed by atoms with Crippen LogP contribution in [0.25, 0.3) is 0 Å². The molecule has 0 heterocycles. The van der Waals surface area contributed by atoms with Crippen LogP contribution in [0.2, 0.25) is 0 Å². The molecular weight excluding hydrogens is 241 g/mol. The molecule has 0 aromatic heterocycles. The molecule has 0 saturated heterocycles. The fraction of sp³-hybridized carbons (Fsp3) is 0.222. The second kappa shape index (κ2) is 7.03. The van der Waals surface area contributed by atoms with E-state index in [0.717, 1.165) is 0 Å². The van der Waals surface area contributed by atoms with E-state index in [1.807, 2.05) is 0 Å². The Hall–Kier alpha value is -0.400. The van der Waals surface area contributed by atoms with Crippen molar-refractivity contribution in [3.05, 3.63) is 18.2 Å². The summed E-state index contributed by atoms with van der Waals surface area (Å²) in [4.78, 5) is 3.71. The Morgan fingerprint density at radius 3 is 2.62 bits per heavy atom. The first-order chi connectivity index (χ1) is 7.04. The molecule has 0 radical (unpaired) electrons. The Morgan fingerprint density at radius 1 is 1.56 bits per heavy atom. The monoisotopic (exact) mass is 251 g/mol. The van der Waals surface area contributed by atoms with Crippen molar-refractivity contribution in [2.75, 3.05) is 7.11 Å². The Labute approximate surface area is 118 Å². The van der Waals surface area contributed by atoms with Gasteiger partial charge in [-0.3, -0.25) is 4.99 Å². The summed E-state index contributed by atoms with van der Waals surface area (Å²) in [6, 6.07) is 4.37. The number of rotatable bonds is 3. The normalized spacial score (nSPS) is 12.8. The van der Waals surface area contributed by atoms with Crippen LogP contribution in [0.5, 0.6) is 5.75 Å². The zero-order valence-electron chi connectivity index (χ0n) is 9.26. The summed E-state index contributed by atoms with van der Waals surface area (Å²) >= 11 is -2.17. The molecule has 0 fully saturated rings. The van der Waals surface area contributed by atoms with Crippen LogP contribution < -0.4 is 39.4 Å². The van der Waals surface area contributed by atoms with Crippen LogP contribution in [0, 0.1) is 0 Å². The van der Waals surface area contributed by atoms with E-state index in [4.69, 9.17) is 9.29 Å². The van der Waals surface area contributed by atoms with Crippen LogP contribution >= 0.6 is 0 Å². The van der Waals surface area contributed by atoms with Gasteiger partial charge in [0.1, 0.15) is 5.75 Å². The van der Waals surface area contributed by atoms with Gasteiger partial charge in [0, 0.05) is 6.07 Å². The van der Waals surface area contributed by atoms with Crippen LogP contribution in [0.4, 0.5) is 5.69 Å². The van der Waals surface area contributed by atoms with Crippen molar-refractivity contribution in [1.82, 2.24) is 0 Å². The Kier molecular flexibility index (Phi) is 6.85. The van der Waals surface area contributed by atoms with Crippen molar-refractivity contribution in [1.29, 1.82) is 0 Å². The molecule has 0 amide bonds. The number of hydrogen-bond acceptors (Lipinski definition) is 4. The van der Waals surface area contributed by atoms with E-state index in [-0.39, 0.29) is 40.1 Å². The summed E-state index contributed by atoms with van der Waals surface area (Å²) in [6.45, 7) is 1.27. The van der Waals surface area contributed by atoms with Gasteiger partial charge in [0.25, 0.3) is 0 Å². The number of benzene rings is 1. The van der Waals surface area contributed by atoms with Crippen molar-refractivity contribution in [3.63, 3.8) is 0 Å². The minimum atomic E-state index is -2.17. The summed E-state index contributed by atoms with van der Waals surface area (Å²) in [5.41, 5.74) is 0.155. The van der Waals surface area contributed by atoms with Crippen molar-refractivity contribution < 1.29 is 48.2 Å². The predicted octanol–water partition coefficient (Wildman–Crippen LogP) is -2.31. The van der Waals surface area contributed by atoms with Gasteiger partial charge in [-0.25, -0.2) is 4.21 Å². The summed E-state index contributed by atoms with van der Waals surface area (Å²) in [6.07, 6.45) is 0. The Bertz CT molecular complexity index is 418. The van der Waals surface area contributed by atoms with E-state index < -0.39 is 17.0 Å². The largest absolute Gasteiger partial charge is 1.00 e. The molecule has 1 aromatic carbocycles. The summed E-state index contributed by atoms with van der Waals surface area (Å²) in [7, 11) is 1.46. The van der Waals surface area contributed by atoms with E-state index >= 15 is 0 Å². The third-order valence-corrected chi connectivity index (χ3v) is 2.35. The molecular formula is C9H10NNaO4S. The third-order valence-electron chi connectivity index (χ3n) is 1.63. The van der Waals surface area contributed by atoms with E-state index in [0.29, 0.717) is 5.75 Å². The molecule has 5 nitrogen and oxygen atoms in total. The first-order valence-electron chi connectivity index (χ1n) is 4.06. The maximum atomic E-state index is 10.9. The van der Waals surface area contributed by atoms with Gasteiger partial charge < -0.3 is 14.4 Å². The van der Waals surface area contributed by atoms with E-state index in [2.05, 4.69) is 4.99 Å². The van der Waals surface area contributed by atoms with Crippen LogP contribution in [-0.2, 0) is 11.1 Å². The maximum Gasteiger partial charge on any atom is 1.00 e. The molecule has 1 unspecified atom stereocenters. The minimum absolute atomic E-state index is 0. The number of aliphatic imine (C=N–C) groups is 1. The molecule has 0 aliphatic rings. The molecule has 1 atom stereocenters. The molecule has 0 spiro atoms. The van der Waals surface area contributed by atoms with Gasteiger partial charge in [0.15, 0.2) is 11.1 Å². The number of nitrogens with zero attached hydrogens (tertiary/aromatic N) is 1. The van der Waals surface area contributed by atoms with Crippen molar-refractivity contribution >= 4 is 22.7 Å². The van der Waals surface area contributed by atoms with Crippen LogP contribution in [0.1, 0.15) is 6.92 Å². The average molecular weight is 251 g/mol. The summed E-state index contributed by atoms with van der Waals surface area (Å²) < 4.78 is 24.8. The van der Waals surface area contributed by atoms with Crippen molar-refractivity contribution in [3.8, 4) is 5.75 Å². The summed E-state index contributed by atoms with van der Waals surface area (Å²) in [5.74, 6) is 0.0409. The molecule has 16 heavy (non-hydrogen) atoms. The smallest absolute Gasteiger partial charge is 0.862 e. The minimum Gasteiger partial charge on any atom is -0.862 e. The first kappa shape index (κ1) is 15.6. The van der Waals surface area contributed by atoms with E-state index in [9.17, 15) is 9.32 Å². The fourth-order valence-electron chi connectivity index (χ4n) is 1.03. The fourth-order valence-corrected chi connectivity index (χ4v) is 1.50. The quantitative estimate of drug-likeness (QED) is 0.283. The van der Waals surface area contributed by atoms with Gasteiger partial charge >= 0.3 is 29.6 Å². The van der Waals surface area contributed by atoms with Crippen LogP contribution in [0.3, 0.4) is 0 Å². The van der Waals surface area contributed by atoms with Gasteiger partial charge in [-0.05, 0) is 25.0 Å². The SMILES string of the molecule is COc1ccc(S(=O)O)c(N=C(C)[O-])c1.[Na+]. The molecule has 0 bridgehead atoms. The molecule has 7 heteroatoms. The zero-order chi connectivity index (χ0) is 11.4. The first-order valence-corrected chi connectivity index (χ1v) is 5.16. The molecule has 1 rings (SSSR count). The van der Waals surface area contributed by atoms with Gasteiger partial charge in [0.05, 0.1) is 17.7 Å².